The number of aromatic nitrogens is 1. The second kappa shape index (κ2) is 8.96. The summed E-state index contributed by atoms with van der Waals surface area (Å²) in [5, 5.41) is 0. The number of carbonyl (C=O) groups is 1. The third-order valence-electron chi connectivity index (χ3n) is 6.01. The highest BCUT2D eigenvalue weighted by atomic mass is 16.2. The van der Waals surface area contributed by atoms with Crippen molar-refractivity contribution in [2.24, 2.45) is 4.99 Å². The van der Waals surface area contributed by atoms with Crippen LogP contribution < -0.4 is 0 Å². The van der Waals surface area contributed by atoms with E-state index in [0.717, 1.165) is 43.6 Å². The maximum atomic E-state index is 12.7. The number of carbonyl (C=O) groups excluding carboxylic acids is 1. The van der Waals surface area contributed by atoms with E-state index in [9.17, 15) is 4.79 Å². The van der Waals surface area contributed by atoms with Crippen LogP contribution in [0.3, 0.4) is 0 Å². The van der Waals surface area contributed by atoms with E-state index in [0.29, 0.717) is 24.4 Å². The van der Waals surface area contributed by atoms with E-state index < -0.39 is 0 Å². The number of aliphatic imine (C=N–C) groups is 1. The topological polar surface area (TPSA) is 48.8 Å². The van der Waals surface area contributed by atoms with E-state index in [1.807, 2.05) is 18.5 Å². The lowest BCUT2D eigenvalue weighted by Gasteiger charge is -2.28. The molecule has 27 heavy (non-hydrogen) atoms. The van der Waals surface area contributed by atoms with Crippen LogP contribution in [-0.4, -0.2) is 65.2 Å². The molecule has 1 aromatic heterocycles. The van der Waals surface area contributed by atoms with Crippen LogP contribution in [0.5, 0.6) is 0 Å². The highest BCUT2D eigenvalue weighted by Crippen LogP contribution is 2.23. The van der Waals surface area contributed by atoms with Crippen molar-refractivity contribution in [1.82, 2.24) is 14.8 Å². The Morgan fingerprint density at radius 1 is 1.19 bits per heavy atom. The van der Waals surface area contributed by atoms with Gasteiger partial charge in [-0.3, -0.25) is 14.8 Å². The van der Waals surface area contributed by atoms with E-state index in [2.05, 4.69) is 25.8 Å². The van der Waals surface area contributed by atoms with Crippen molar-refractivity contribution in [3.63, 3.8) is 0 Å². The van der Waals surface area contributed by atoms with Gasteiger partial charge in [0.15, 0.2) is 0 Å². The standard InChI is InChI=1S/C22H32N4O/c27-22(26-14-4-6-21(26)17-25-12-1-2-13-25)7-3-5-20-15-18(10-11-23-20)16-24-19-8-9-19/h10-11,15-16,19,21H,1-9,12-14,17H2/t21-/m1/s1. The van der Waals surface area contributed by atoms with Gasteiger partial charge in [0.2, 0.25) is 5.91 Å². The van der Waals surface area contributed by atoms with Crippen LogP contribution in [0.15, 0.2) is 23.3 Å². The summed E-state index contributed by atoms with van der Waals surface area (Å²) in [6.07, 6.45) is 13.6. The number of rotatable bonds is 8. The Bertz CT molecular complexity index is 664. The molecule has 0 N–H and O–H groups in total. The van der Waals surface area contributed by atoms with Crippen LogP contribution in [0.2, 0.25) is 0 Å². The van der Waals surface area contributed by atoms with Gasteiger partial charge < -0.3 is 9.80 Å². The first-order valence-corrected chi connectivity index (χ1v) is 10.8. The zero-order chi connectivity index (χ0) is 18.5. The Hall–Kier alpha value is -1.75. The van der Waals surface area contributed by atoms with Gasteiger partial charge in [0.25, 0.3) is 0 Å². The molecule has 1 amide bonds. The van der Waals surface area contributed by atoms with E-state index in [-0.39, 0.29) is 0 Å². The second-order valence-electron chi connectivity index (χ2n) is 8.33. The van der Waals surface area contributed by atoms with Crippen molar-refractivity contribution >= 4 is 12.1 Å². The second-order valence-corrected chi connectivity index (χ2v) is 8.33. The summed E-state index contributed by atoms with van der Waals surface area (Å²) < 4.78 is 0. The first kappa shape index (κ1) is 18.6. The monoisotopic (exact) mass is 368 g/mol. The fraction of sp³-hybridized carbons (Fsp3) is 0.682. The predicted octanol–water partition coefficient (Wildman–Crippen LogP) is 3.07. The summed E-state index contributed by atoms with van der Waals surface area (Å²) in [5.41, 5.74) is 2.20. The molecule has 3 aliphatic rings. The lowest BCUT2D eigenvalue weighted by Crippen LogP contribution is -2.42. The molecule has 0 radical (unpaired) electrons. The van der Waals surface area contributed by atoms with Gasteiger partial charge in [-0.2, -0.15) is 0 Å². The highest BCUT2D eigenvalue weighted by molar-refractivity contribution is 5.79. The van der Waals surface area contributed by atoms with Gasteiger partial charge in [0.05, 0.1) is 6.04 Å². The largest absolute Gasteiger partial charge is 0.338 e. The SMILES string of the molecule is O=C(CCCc1cc(C=NC2CC2)ccn1)N1CCC[C@@H]1CN1CCCC1. The van der Waals surface area contributed by atoms with Gasteiger partial charge in [0, 0.05) is 43.7 Å². The average molecular weight is 369 g/mol. The summed E-state index contributed by atoms with van der Waals surface area (Å²) in [6.45, 7) is 4.45. The summed E-state index contributed by atoms with van der Waals surface area (Å²) in [7, 11) is 0. The summed E-state index contributed by atoms with van der Waals surface area (Å²) in [6, 6.07) is 5.11. The molecular weight excluding hydrogens is 336 g/mol. The van der Waals surface area contributed by atoms with E-state index in [4.69, 9.17) is 0 Å². The van der Waals surface area contributed by atoms with Gasteiger partial charge in [0.1, 0.15) is 0 Å². The molecule has 1 aromatic rings. The van der Waals surface area contributed by atoms with Crippen LogP contribution in [-0.2, 0) is 11.2 Å². The Kier molecular flexibility index (Phi) is 6.17. The average Bonchev–Trinajstić information content (AvgIpc) is 3.15. The molecule has 5 heteroatoms. The van der Waals surface area contributed by atoms with Crippen LogP contribution in [0.4, 0.5) is 0 Å². The number of aryl methyl sites for hydroxylation is 1. The molecule has 1 saturated carbocycles. The van der Waals surface area contributed by atoms with Gasteiger partial charge >= 0.3 is 0 Å². The van der Waals surface area contributed by atoms with Gasteiger partial charge in [-0.05, 0) is 82.2 Å². The predicted molar refractivity (Wildman–Crippen MR) is 108 cm³/mol. The first-order chi connectivity index (χ1) is 13.3. The number of pyridine rings is 1. The minimum atomic E-state index is 0.336. The third kappa shape index (κ3) is 5.38. The molecule has 0 spiro atoms. The fourth-order valence-corrected chi connectivity index (χ4v) is 4.31. The lowest BCUT2D eigenvalue weighted by atomic mass is 10.1. The number of nitrogens with zero attached hydrogens (tertiary/aromatic N) is 4. The molecule has 5 nitrogen and oxygen atoms in total. The number of hydrogen-bond acceptors (Lipinski definition) is 4. The molecule has 146 valence electrons. The fourth-order valence-electron chi connectivity index (χ4n) is 4.31. The lowest BCUT2D eigenvalue weighted by molar-refractivity contribution is -0.132. The normalized spacial score (nSPS) is 23.6. The molecule has 2 aliphatic heterocycles. The molecule has 0 bridgehead atoms. The van der Waals surface area contributed by atoms with Crippen molar-refractivity contribution in [3.8, 4) is 0 Å². The van der Waals surface area contributed by atoms with E-state index in [1.54, 1.807) is 0 Å². The van der Waals surface area contributed by atoms with Crippen molar-refractivity contribution in [2.45, 2.75) is 69.9 Å². The van der Waals surface area contributed by atoms with Gasteiger partial charge in [-0.25, -0.2) is 0 Å². The Morgan fingerprint density at radius 3 is 2.85 bits per heavy atom. The molecule has 3 heterocycles. The Balaban J connectivity index is 1.23. The van der Waals surface area contributed by atoms with E-state index in [1.165, 1.54) is 45.2 Å². The Morgan fingerprint density at radius 2 is 2.04 bits per heavy atom. The zero-order valence-corrected chi connectivity index (χ0v) is 16.4. The number of hydrogen-bond donors (Lipinski definition) is 0. The van der Waals surface area contributed by atoms with Gasteiger partial charge in [-0.15, -0.1) is 0 Å². The molecule has 0 unspecified atom stereocenters. The molecule has 0 aromatic carbocycles. The molecule has 4 rings (SSSR count). The van der Waals surface area contributed by atoms with Crippen molar-refractivity contribution < 1.29 is 4.79 Å². The van der Waals surface area contributed by atoms with Crippen LogP contribution >= 0.6 is 0 Å². The van der Waals surface area contributed by atoms with Crippen LogP contribution in [0.25, 0.3) is 0 Å². The smallest absolute Gasteiger partial charge is 0.222 e. The maximum absolute atomic E-state index is 12.7. The van der Waals surface area contributed by atoms with E-state index >= 15 is 0 Å². The molecule has 1 atom stereocenters. The van der Waals surface area contributed by atoms with Crippen molar-refractivity contribution in [2.75, 3.05) is 26.2 Å². The van der Waals surface area contributed by atoms with Crippen LogP contribution in [0.1, 0.15) is 62.6 Å². The van der Waals surface area contributed by atoms with Gasteiger partial charge in [-0.1, -0.05) is 0 Å². The quantitative estimate of drug-likeness (QED) is 0.663. The Labute approximate surface area is 162 Å². The molecule has 1 aliphatic carbocycles. The first-order valence-electron chi connectivity index (χ1n) is 10.8. The van der Waals surface area contributed by atoms with Crippen molar-refractivity contribution in [3.05, 3.63) is 29.6 Å². The summed E-state index contributed by atoms with van der Waals surface area (Å²) in [4.78, 5) is 26.4. The number of amides is 1. The van der Waals surface area contributed by atoms with Crippen LogP contribution in [0, 0.1) is 0 Å². The molecule has 3 fully saturated rings. The summed E-state index contributed by atoms with van der Waals surface area (Å²) >= 11 is 0. The zero-order valence-electron chi connectivity index (χ0n) is 16.4. The minimum absolute atomic E-state index is 0.336. The molecule has 2 saturated heterocycles. The minimum Gasteiger partial charge on any atom is -0.338 e. The maximum Gasteiger partial charge on any atom is 0.222 e. The summed E-state index contributed by atoms with van der Waals surface area (Å²) in [5.74, 6) is 0.336. The number of likely N-dealkylation sites (tertiary alicyclic amines) is 2. The third-order valence-corrected chi connectivity index (χ3v) is 6.01. The highest BCUT2D eigenvalue weighted by Gasteiger charge is 2.30. The molecular formula is C22H32N4O. The van der Waals surface area contributed by atoms with Crippen molar-refractivity contribution in [1.29, 1.82) is 0 Å².